The number of carboxylic acids is 1. The van der Waals surface area contributed by atoms with Crippen LogP contribution in [0, 0.1) is 16.2 Å². The number of ether oxygens (including phenoxy) is 1. The minimum absolute atomic E-state index is 0.223. The Hall–Kier alpha value is -1.84. The van der Waals surface area contributed by atoms with Crippen LogP contribution >= 0.6 is 0 Å². The van der Waals surface area contributed by atoms with Crippen LogP contribution < -0.4 is 0 Å². The minimum atomic E-state index is -0.772. The molecule has 24 heavy (non-hydrogen) atoms. The molecule has 1 aliphatic carbocycles. The summed E-state index contributed by atoms with van der Waals surface area (Å²) in [4.78, 5) is 24.5. The Labute approximate surface area is 144 Å². The third kappa shape index (κ3) is 3.47. The molecule has 1 aliphatic rings. The molecule has 4 heteroatoms. The second-order valence-electron chi connectivity index (χ2n) is 8.26. The van der Waals surface area contributed by atoms with E-state index in [1.165, 1.54) is 0 Å². The number of carbonyl (C=O) groups is 2. The lowest BCUT2D eigenvalue weighted by Gasteiger charge is -2.48. The highest BCUT2D eigenvalue weighted by Crippen LogP contribution is 2.54. The van der Waals surface area contributed by atoms with Crippen molar-refractivity contribution in [2.45, 2.75) is 60.0 Å². The van der Waals surface area contributed by atoms with Crippen LogP contribution in [0.25, 0.3) is 0 Å². The SMILES string of the molecule is CC1(C(=O)OCc2ccccc2)CCC(C(=O)O)(C(C)(C)C)CC1. The largest absolute Gasteiger partial charge is 0.481 e. The van der Waals surface area contributed by atoms with Gasteiger partial charge in [-0.2, -0.15) is 0 Å². The third-order valence-electron chi connectivity index (χ3n) is 5.76. The molecule has 0 spiro atoms. The maximum atomic E-state index is 12.6. The van der Waals surface area contributed by atoms with Gasteiger partial charge < -0.3 is 9.84 Å². The summed E-state index contributed by atoms with van der Waals surface area (Å²) < 4.78 is 5.50. The van der Waals surface area contributed by atoms with Crippen LogP contribution in [0.2, 0.25) is 0 Å². The summed E-state index contributed by atoms with van der Waals surface area (Å²) in [6, 6.07) is 9.59. The summed E-state index contributed by atoms with van der Waals surface area (Å²) in [5, 5.41) is 9.77. The molecule has 0 aliphatic heterocycles. The van der Waals surface area contributed by atoms with Gasteiger partial charge in [0.2, 0.25) is 0 Å². The summed E-state index contributed by atoms with van der Waals surface area (Å²) in [5.41, 5.74) is -0.751. The van der Waals surface area contributed by atoms with E-state index < -0.39 is 16.8 Å². The lowest BCUT2D eigenvalue weighted by Crippen LogP contribution is -2.49. The van der Waals surface area contributed by atoms with Gasteiger partial charge >= 0.3 is 11.9 Å². The average molecular weight is 332 g/mol. The van der Waals surface area contributed by atoms with Crippen LogP contribution in [-0.2, 0) is 20.9 Å². The molecular formula is C20H28O4. The fraction of sp³-hybridized carbons (Fsp3) is 0.600. The number of hydrogen-bond donors (Lipinski definition) is 1. The number of aliphatic carboxylic acids is 1. The molecule has 0 saturated heterocycles. The highest BCUT2D eigenvalue weighted by atomic mass is 16.5. The molecule has 132 valence electrons. The molecule has 1 saturated carbocycles. The van der Waals surface area contributed by atoms with Crippen LogP contribution in [0.4, 0.5) is 0 Å². The van der Waals surface area contributed by atoms with Gasteiger partial charge in [-0.1, -0.05) is 51.1 Å². The summed E-state index contributed by atoms with van der Waals surface area (Å²) >= 11 is 0. The number of carbonyl (C=O) groups excluding carboxylic acids is 1. The number of carboxylic acid groups (broad SMARTS) is 1. The fourth-order valence-electron chi connectivity index (χ4n) is 3.61. The van der Waals surface area contributed by atoms with Crippen LogP contribution in [0.1, 0.15) is 58.9 Å². The van der Waals surface area contributed by atoms with Crippen molar-refractivity contribution in [1.82, 2.24) is 0 Å². The van der Waals surface area contributed by atoms with Gasteiger partial charge in [0.05, 0.1) is 10.8 Å². The van der Waals surface area contributed by atoms with Crippen molar-refractivity contribution < 1.29 is 19.4 Å². The van der Waals surface area contributed by atoms with E-state index in [1.807, 2.05) is 58.0 Å². The molecule has 0 aromatic heterocycles. The third-order valence-corrected chi connectivity index (χ3v) is 5.76. The zero-order valence-electron chi connectivity index (χ0n) is 15.1. The minimum Gasteiger partial charge on any atom is -0.481 e. The molecule has 1 aromatic carbocycles. The van der Waals surface area contributed by atoms with Gasteiger partial charge in [-0.15, -0.1) is 0 Å². The van der Waals surface area contributed by atoms with Crippen molar-refractivity contribution in [3.63, 3.8) is 0 Å². The highest BCUT2D eigenvalue weighted by molar-refractivity contribution is 5.79. The van der Waals surface area contributed by atoms with Crippen molar-refractivity contribution in [2.75, 3.05) is 0 Å². The molecule has 0 amide bonds. The maximum Gasteiger partial charge on any atom is 0.312 e. The molecule has 1 N–H and O–H groups in total. The van der Waals surface area contributed by atoms with Gasteiger partial charge in [0.15, 0.2) is 0 Å². The quantitative estimate of drug-likeness (QED) is 0.829. The Kier molecular flexibility index (Phi) is 5.07. The Balaban J connectivity index is 2.03. The molecular weight excluding hydrogens is 304 g/mol. The van der Waals surface area contributed by atoms with Gasteiger partial charge in [-0.3, -0.25) is 9.59 Å². The zero-order valence-corrected chi connectivity index (χ0v) is 15.1. The van der Waals surface area contributed by atoms with Crippen LogP contribution in [-0.4, -0.2) is 17.0 Å². The first-order valence-electron chi connectivity index (χ1n) is 8.55. The van der Waals surface area contributed by atoms with E-state index in [2.05, 4.69) is 0 Å². The smallest absolute Gasteiger partial charge is 0.312 e. The second kappa shape index (κ2) is 6.58. The molecule has 0 unspecified atom stereocenters. The lowest BCUT2D eigenvalue weighted by molar-refractivity contribution is -0.171. The Morgan fingerprint density at radius 1 is 1.08 bits per heavy atom. The van der Waals surface area contributed by atoms with E-state index in [4.69, 9.17) is 4.74 Å². The molecule has 1 fully saturated rings. The highest BCUT2D eigenvalue weighted by Gasteiger charge is 2.54. The van der Waals surface area contributed by atoms with Crippen LogP contribution in [0.15, 0.2) is 30.3 Å². The van der Waals surface area contributed by atoms with Crippen molar-refractivity contribution in [3.05, 3.63) is 35.9 Å². The van der Waals surface area contributed by atoms with Gasteiger partial charge in [0, 0.05) is 0 Å². The molecule has 0 heterocycles. The molecule has 4 nitrogen and oxygen atoms in total. The Morgan fingerprint density at radius 3 is 2.08 bits per heavy atom. The molecule has 0 atom stereocenters. The molecule has 0 bridgehead atoms. The number of hydrogen-bond acceptors (Lipinski definition) is 3. The predicted molar refractivity (Wildman–Crippen MR) is 92.3 cm³/mol. The normalized spacial score (nSPS) is 27.5. The Bertz CT molecular complexity index is 590. The summed E-state index contributed by atoms with van der Waals surface area (Å²) in [6.45, 7) is 8.07. The fourth-order valence-corrected chi connectivity index (χ4v) is 3.61. The van der Waals surface area contributed by atoms with E-state index in [0.29, 0.717) is 25.7 Å². The molecule has 2 rings (SSSR count). The lowest BCUT2D eigenvalue weighted by atomic mass is 9.55. The zero-order chi connectivity index (χ0) is 18.0. The first kappa shape index (κ1) is 18.5. The number of esters is 1. The van der Waals surface area contributed by atoms with Gasteiger partial charge in [0.25, 0.3) is 0 Å². The standard InChI is InChI=1S/C20H28O4/c1-18(2,3)20(16(21)22)12-10-19(4,11-13-20)17(23)24-14-15-8-6-5-7-9-15/h5-9H,10-14H2,1-4H3,(H,21,22). The summed E-state index contributed by atoms with van der Waals surface area (Å²) in [7, 11) is 0. The van der Waals surface area contributed by atoms with Crippen LogP contribution in [0.3, 0.4) is 0 Å². The van der Waals surface area contributed by atoms with E-state index in [9.17, 15) is 14.7 Å². The van der Waals surface area contributed by atoms with E-state index in [-0.39, 0.29) is 18.0 Å². The van der Waals surface area contributed by atoms with Crippen molar-refractivity contribution in [2.24, 2.45) is 16.2 Å². The first-order chi connectivity index (χ1) is 11.1. The van der Waals surface area contributed by atoms with Gasteiger partial charge in [0.1, 0.15) is 6.61 Å². The average Bonchev–Trinajstić information content (AvgIpc) is 2.53. The molecule has 1 aromatic rings. The maximum absolute atomic E-state index is 12.6. The van der Waals surface area contributed by atoms with Crippen molar-refractivity contribution in [1.29, 1.82) is 0 Å². The topological polar surface area (TPSA) is 63.6 Å². The second-order valence-corrected chi connectivity index (χ2v) is 8.26. The monoisotopic (exact) mass is 332 g/mol. The van der Waals surface area contributed by atoms with E-state index in [0.717, 1.165) is 5.56 Å². The van der Waals surface area contributed by atoms with Crippen molar-refractivity contribution >= 4 is 11.9 Å². The van der Waals surface area contributed by atoms with Gasteiger partial charge in [-0.25, -0.2) is 0 Å². The van der Waals surface area contributed by atoms with Crippen LogP contribution in [0.5, 0.6) is 0 Å². The predicted octanol–water partition coefficient (Wildman–Crippen LogP) is 4.43. The summed E-state index contributed by atoms with van der Waals surface area (Å²) in [6.07, 6.45) is 2.10. The molecule has 0 radical (unpaired) electrons. The van der Waals surface area contributed by atoms with E-state index >= 15 is 0 Å². The summed E-state index contributed by atoms with van der Waals surface area (Å²) in [5.74, 6) is -0.978. The van der Waals surface area contributed by atoms with E-state index in [1.54, 1.807) is 0 Å². The van der Waals surface area contributed by atoms with Crippen molar-refractivity contribution in [3.8, 4) is 0 Å². The number of benzene rings is 1. The number of rotatable bonds is 4. The Morgan fingerprint density at radius 2 is 1.62 bits per heavy atom. The van der Waals surface area contributed by atoms with Gasteiger partial charge in [-0.05, 0) is 43.6 Å². The first-order valence-corrected chi connectivity index (χ1v) is 8.55.